The molecule has 0 bridgehead atoms. The number of fused-ring (bicyclic) bond motifs is 3. The number of pyridine rings is 1. The molecule has 0 fully saturated rings. The number of para-hydroxylation sites is 1. The van der Waals surface area contributed by atoms with Gasteiger partial charge in [-0.15, -0.1) is 0 Å². The lowest BCUT2D eigenvalue weighted by Crippen LogP contribution is -2.36. The second-order valence-electron chi connectivity index (χ2n) is 11.3. The first kappa shape index (κ1) is 29.4. The van der Waals surface area contributed by atoms with Crippen LogP contribution in [0.25, 0.3) is 21.9 Å². The molecule has 9 nitrogen and oxygen atoms in total. The number of nitrogen functional groups attached to an aromatic ring is 1. The van der Waals surface area contributed by atoms with Crippen LogP contribution in [0.5, 0.6) is 0 Å². The Labute approximate surface area is 225 Å². The van der Waals surface area contributed by atoms with E-state index in [0.29, 0.717) is 18.8 Å². The molecular weight excluding hydrogens is 482 g/mol. The van der Waals surface area contributed by atoms with Gasteiger partial charge in [0, 0.05) is 31.5 Å². The summed E-state index contributed by atoms with van der Waals surface area (Å²) in [6.07, 6.45) is 5.32. The first-order valence-electron chi connectivity index (χ1n) is 13.6. The number of aliphatic carboxylic acids is 1. The van der Waals surface area contributed by atoms with Gasteiger partial charge in [-0.25, -0.2) is 9.97 Å². The van der Waals surface area contributed by atoms with Gasteiger partial charge in [-0.1, -0.05) is 31.5 Å². The topological polar surface area (TPSA) is 132 Å². The molecule has 3 aromatic rings. The highest BCUT2D eigenvalue weighted by Crippen LogP contribution is 2.29. The molecule has 3 rings (SSSR count). The molecule has 0 radical (unpaired) electrons. The number of carboxylic acids is 1. The minimum atomic E-state index is -0.857. The van der Waals surface area contributed by atoms with Crippen molar-refractivity contribution in [3.8, 4) is 0 Å². The van der Waals surface area contributed by atoms with Crippen molar-refractivity contribution in [1.82, 2.24) is 19.9 Å². The van der Waals surface area contributed by atoms with Crippen molar-refractivity contribution in [3.05, 3.63) is 30.1 Å². The van der Waals surface area contributed by atoms with Gasteiger partial charge < -0.3 is 25.5 Å². The van der Waals surface area contributed by atoms with Crippen LogP contribution in [0, 0.1) is 5.41 Å². The van der Waals surface area contributed by atoms with Gasteiger partial charge in [-0.2, -0.15) is 0 Å². The van der Waals surface area contributed by atoms with Crippen LogP contribution in [-0.4, -0.2) is 50.3 Å². The zero-order valence-corrected chi connectivity index (χ0v) is 23.5. The van der Waals surface area contributed by atoms with Crippen molar-refractivity contribution in [3.63, 3.8) is 0 Å². The van der Waals surface area contributed by atoms with Crippen molar-refractivity contribution in [2.45, 2.75) is 91.7 Å². The number of hydrogen-bond donors (Lipinski definition) is 3. The SMILES string of the molecule is CCCCc1nc2c(N)nc3ccccc3c2n1CCCCNC(=O)CC(C)(C)OCCC(C)(C)C(=O)O. The summed E-state index contributed by atoms with van der Waals surface area (Å²) in [6, 6.07) is 8.02. The molecule has 9 heteroatoms. The van der Waals surface area contributed by atoms with Crippen LogP contribution in [0.1, 0.15) is 79.0 Å². The third-order valence-electron chi connectivity index (χ3n) is 6.96. The number of nitrogens with zero attached hydrogens (tertiary/aromatic N) is 3. The zero-order valence-electron chi connectivity index (χ0n) is 23.5. The van der Waals surface area contributed by atoms with Crippen LogP contribution in [0.15, 0.2) is 24.3 Å². The number of benzene rings is 1. The van der Waals surface area contributed by atoms with E-state index in [1.54, 1.807) is 13.8 Å². The van der Waals surface area contributed by atoms with Crippen molar-refractivity contribution >= 4 is 39.6 Å². The molecule has 38 heavy (non-hydrogen) atoms. The second kappa shape index (κ2) is 12.6. The van der Waals surface area contributed by atoms with Gasteiger partial charge in [0.05, 0.1) is 28.5 Å². The molecule has 0 atom stereocenters. The quantitative estimate of drug-likeness (QED) is 0.235. The molecule has 0 aliphatic carbocycles. The van der Waals surface area contributed by atoms with Gasteiger partial charge >= 0.3 is 5.97 Å². The molecule has 0 spiro atoms. The minimum Gasteiger partial charge on any atom is -0.481 e. The fourth-order valence-electron chi connectivity index (χ4n) is 4.48. The first-order chi connectivity index (χ1) is 17.9. The lowest BCUT2D eigenvalue weighted by molar-refractivity contribution is -0.149. The molecule has 0 saturated carbocycles. The van der Waals surface area contributed by atoms with E-state index < -0.39 is 17.0 Å². The standard InChI is InChI=1S/C29H43N5O4/c1-6-7-14-22-33-24-25(20-12-8-9-13-21(20)32-26(24)30)34(22)17-11-10-16-31-23(35)19-29(4,5)38-18-15-28(2,3)27(36)37/h8-9,12-13H,6-7,10-11,14-19H2,1-5H3,(H2,30,32)(H,31,35)(H,36,37). The molecule has 0 aliphatic rings. The van der Waals surface area contributed by atoms with E-state index in [-0.39, 0.29) is 18.9 Å². The number of anilines is 1. The summed E-state index contributed by atoms with van der Waals surface area (Å²) < 4.78 is 8.12. The van der Waals surface area contributed by atoms with Crippen molar-refractivity contribution in [2.24, 2.45) is 5.41 Å². The summed E-state index contributed by atoms with van der Waals surface area (Å²) in [4.78, 5) is 33.2. The first-order valence-corrected chi connectivity index (χ1v) is 13.6. The van der Waals surface area contributed by atoms with Crippen LogP contribution >= 0.6 is 0 Å². The molecular formula is C29H43N5O4. The summed E-state index contributed by atoms with van der Waals surface area (Å²) in [5, 5.41) is 13.3. The van der Waals surface area contributed by atoms with Gasteiger partial charge in [0.15, 0.2) is 5.82 Å². The number of carbonyl (C=O) groups is 2. The highest BCUT2D eigenvalue weighted by Gasteiger charge is 2.29. The van der Waals surface area contributed by atoms with Gasteiger partial charge in [0.2, 0.25) is 5.91 Å². The summed E-state index contributed by atoms with van der Waals surface area (Å²) in [7, 11) is 0. The van der Waals surface area contributed by atoms with Crippen LogP contribution in [0.3, 0.4) is 0 Å². The van der Waals surface area contributed by atoms with Crippen LogP contribution in [0.2, 0.25) is 0 Å². The van der Waals surface area contributed by atoms with E-state index in [1.165, 1.54) is 0 Å². The Bertz CT molecular complexity index is 1260. The van der Waals surface area contributed by atoms with E-state index >= 15 is 0 Å². The van der Waals surface area contributed by atoms with E-state index in [2.05, 4.69) is 27.9 Å². The molecule has 0 unspecified atom stereocenters. The number of rotatable bonds is 15. The highest BCUT2D eigenvalue weighted by atomic mass is 16.5. The molecule has 208 valence electrons. The summed E-state index contributed by atoms with van der Waals surface area (Å²) >= 11 is 0. The maximum Gasteiger partial charge on any atom is 0.309 e. The van der Waals surface area contributed by atoms with E-state index in [0.717, 1.165) is 66.4 Å². The highest BCUT2D eigenvalue weighted by molar-refractivity contribution is 6.06. The Morgan fingerprint density at radius 1 is 1.11 bits per heavy atom. The maximum absolute atomic E-state index is 12.5. The predicted octanol–water partition coefficient (Wildman–Crippen LogP) is 5.09. The summed E-state index contributed by atoms with van der Waals surface area (Å²) in [5.74, 6) is 0.555. The smallest absolute Gasteiger partial charge is 0.309 e. The Balaban J connectivity index is 1.56. The van der Waals surface area contributed by atoms with Gasteiger partial charge in [-0.05, 0) is 59.4 Å². The normalized spacial score (nSPS) is 12.3. The number of nitrogens with one attached hydrogen (secondary N) is 1. The number of imidazole rings is 1. The Hall–Kier alpha value is -3.20. The van der Waals surface area contributed by atoms with Crippen molar-refractivity contribution in [2.75, 3.05) is 18.9 Å². The number of aromatic nitrogens is 3. The van der Waals surface area contributed by atoms with Crippen LogP contribution in [0.4, 0.5) is 5.82 Å². The molecule has 1 aromatic carbocycles. The maximum atomic E-state index is 12.5. The number of amides is 1. The van der Waals surface area contributed by atoms with Gasteiger partial charge in [0.1, 0.15) is 11.3 Å². The Morgan fingerprint density at radius 3 is 2.55 bits per heavy atom. The number of nitrogens with two attached hydrogens (primary N) is 1. The van der Waals surface area contributed by atoms with Gasteiger partial charge in [0.25, 0.3) is 0 Å². The minimum absolute atomic E-state index is 0.0750. The molecule has 1 amide bonds. The lowest BCUT2D eigenvalue weighted by Gasteiger charge is -2.27. The van der Waals surface area contributed by atoms with Crippen molar-refractivity contribution in [1.29, 1.82) is 0 Å². The van der Waals surface area contributed by atoms with Crippen molar-refractivity contribution < 1.29 is 19.4 Å². The van der Waals surface area contributed by atoms with Gasteiger partial charge in [-0.3, -0.25) is 9.59 Å². The third-order valence-corrected chi connectivity index (χ3v) is 6.96. The fraction of sp³-hybridized carbons (Fsp3) is 0.586. The number of ether oxygens (including phenoxy) is 1. The lowest BCUT2D eigenvalue weighted by atomic mass is 9.90. The number of unbranched alkanes of at least 4 members (excludes halogenated alkanes) is 2. The van der Waals surface area contributed by atoms with E-state index in [4.69, 9.17) is 15.5 Å². The Morgan fingerprint density at radius 2 is 1.84 bits per heavy atom. The summed E-state index contributed by atoms with van der Waals surface area (Å²) in [5.41, 5.74) is 7.42. The largest absolute Gasteiger partial charge is 0.481 e. The number of carboxylic acid groups (broad SMARTS) is 1. The molecule has 2 aromatic heterocycles. The molecule has 0 aliphatic heterocycles. The molecule has 2 heterocycles. The monoisotopic (exact) mass is 525 g/mol. The van der Waals surface area contributed by atoms with Crippen LogP contribution in [-0.2, 0) is 27.3 Å². The van der Waals surface area contributed by atoms with E-state index in [9.17, 15) is 14.7 Å². The second-order valence-corrected chi connectivity index (χ2v) is 11.3. The zero-order chi connectivity index (χ0) is 27.9. The predicted molar refractivity (Wildman–Crippen MR) is 151 cm³/mol. The fourth-order valence-corrected chi connectivity index (χ4v) is 4.48. The average Bonchev–Trinajstić information content (AvgIpc) is 3.21. The number of carbonyl (C=O) groups excluding carboxylic acids is 1. The van der Waals surface area contributed by atoms with E-state index in [1.807, 2.05) is 32.0 Å². The third kappa shape index (κ3) is 7.43. The number of hydrogen-bond acceptors (Lipinski definition) is 6. The Kier molecular flexibility index (Phi) is 9.71. The molecule has 0 saturated heterocycles. The average molecular weight is 526 g/mol. The molecule has 4 N–H and O–H groups in total. The van der Waals surface area contributed by atoms with Crippen LogP contribution < -0.4 is 11.1 Å². The summed E-state index contributed by atoms with van der Waals surface area (Å²) in [6.45, 7) is 10.9. The number of aryl methyl sites for hydroxylation is 2.